The predicted molar refractivity (Wildman–Crippen MR) is 101 cm³/mol. The molecule has 0 saturated carbocycles. The molecule has 1 aliphatic rings. The number of fused-ring (bicyclic) bond motifs is 1. The van der Waals surface area contributed by atoms with Gasteiger partial charge >= 0.3 is 0 Å². The number of amides is 1. The number of aromatic nitrogens is 3. The Hall–Kier alpha value is -2.67. The Morgan fingerprint density at radius 2 is 2.19 bits per heavy atom. The van der Waals surface area contributed by atoms with Crippen molar-refractivity contribution in [1.82, 2.24) is 20.5 Å². The number of rotatable bonds is 3. The van der Waals surface area contributed by atoms with E-state index in [9.17, 15) is 4.79 Å². The van der Waals surface area contributed by atoms with Gasteiger partial charge in [0, 0.05) is 28.6 Å². The number of carbonyl (C=O) groups excluding carboxylic acids is 1. The Bertz CT molecular complexity index is 956. The highest BCUT2D eigenvalue weighted by atomic mass is 32.1. The molecule has 7 heteroatoms. The molecule has 6 nitrogen and oxygen atoms in total. The lowest BCUT2D eigenvalue weighted by Gasteiger charge is -2.27. The van der Waals surface area contributed by atoms with Crippen molar-refractivity contribution in [3.8, 4) is 16.9 Å². The standard InChI is InChI=1S/C19H20N4O2S/c1-10-18(11(2)23-22-10)13-4-5-17-14(8-13)15(6-7-25-17)21-19(24)16-9-26-12(3)20-16/h4-5,8-9,15H,6-7H2,1-3H3,(H,21,24)(H,22,23). The minimum atomic E-state index is -0.145. The summed E-state index contributed by atoms with van der Waals surface area (Å²) in [4.78, 5) is 16.8. The lowest BCUT2D eigenvalue weighted by molar-refractivity contribution is 0.0920. The number of ether oxygens (including phenoxy) is 1. The first-order valence-corrected chi connectivity index (χ1v) is 9.42. The van der Waals surface area contributed by atoms with Gasteiger partial charge in [0.15, 0.2) is 0 Å². The fourth-order valence-electron chi connectivity index (χ4n) is 3.38. The first kappa shape index (κ1) is 16.8. The van der Waals surface area contributed by atoms with E-state index in [-0.39, 0.29) is 11.9 Å². The van der Waals surface area contributed by atoms with E-state index in [2.05, 4.69) is 26.6 Å². The molecular weight excluding hydrogens is 348 g/mol. The van der Waals surface area contributed by atoms with Crippen LogP contribution in [-0.4, -0.2) is 27.7 Å². The van der Waals surface area contributed by atoms with Crippen LogP contribution in [-0.2, 0) is 0 Å². The van der Waals surface area contributed by atoms with Crippen LogP contribution in [0.2, 0.25) is 0 Å². The number of benzene rings is 1. The van der Waals surface area contributed by atoms with Crippen LogP contribution in [0.3, 0.4) is 0 Å². The molecule has 4 rings (SSSR count). The summed E-state index contributed by atoms with van der Waals surface area (Å²) in [6, 6.07) is 6.01. The van der Waals surface area contributed by atoms with Crippen molar-refractivity contribution in [2.75, 3.05) is 6.61 Å². The number of hydrogen-bond donors (Lipinski definition) is 2. The topological polar surface area (TPSA) is 79.9 Å². The maximum atomic E-state index is 12.5. The van der Waals surface area contributed by atoms with Crippen LogP contribution in [0.15, 0.2) is 23.6 Å². The normalized spacial score (nSPS) is 16.0. The van der Waals surface area contributed by atoms with Gasteiger partial charge in [0.05, 0.1) is 23.4 Å². The van der Waals surface area contributed by atoms with E-state index in [1.165, 1.54) is 11.3 Å². The zero-order chi connectivity index (χ0) is 18.3. The molecule has 26 heavy (non-hydrogen) atoms. The van der Waals surface area contributed by atoms with Crippen LogP contribution >= 0.6 is 11.3 Å². The highest BCUT2D eigenvalue weighted by Crippen LogP contribution is 2.37. The summed E-state index contributed by atoms with van der Waals surface area (Å²) < 4.78 is 5.79. The second kappa shape index (κ2) is 6.57. The van der Waals surface area contributed by atoms with Gasteiger partial charge in [0.2, 0.25) is 0 Å². The van der Waals surface area contributed by atoms with E-state index in [0.29, 0.717) is 12.3 Å². The molecule has 0 aliphatic carbocycles. The minimum Gasteiger partial charge on any atom is -0.493 e. The molecule has 0 saturated heterocycles. The van der Waals surface area contributed by atoms with Crippen molar-refractivity contribution in [2.45, 2.75) is 33.2 Å². The average molecular weight is 368 g/mol. The van der Waals surface area contributed by atoms with Gasteiger partial charge in [0.25, 0.3) is 5.91 Å². The van der Waals surface area contributed by atoms with Crippen LogP contribution in [0.1, 0.15) is 44.9 Å². The first-order chi connectivity index (χ1) is 12.5. The highest BCUT2D eigenvalue weighted by molar-refractivity contribution is 7.09. The van der Waals surface area contributed by atoms with Crippen molar-refractivity contribution < 1.29 is 9.53 Å². The predicted octanol–water partition coefficient (Wildman–Crippen LogP) is 3.71. The van der Waals surface area contributed by atoms with Crippen molar-refractivity contribution in [3.05, 3.63) is 51.2 Å². The van der Waals surface area contributed by atoms with Gasteiger partial charge < -0.3 is 10.1 Å². The Morgan fingerprint density at radius 3 is 2.88 bits per heavy atom. The van der Waals surface area contributed by atoms with Crippen LogP contribution in [0, 0.1) is 20.8 Å². The van der Waals surface area contributed by atoms with Crippen molar-refractivity contribution in [1.29, 1.82) is 0 Å². The highest BCUT2D eigenvalue weighted by Gasteiger charge is 2.25. The number of H-pyrrole nitrogens is 1. The average Bonchev–Trinajstić information content (AvgIpc) is 3.20. The number of aryl methyl sites for hydroxylation is 3. The maximum Gasteiger partial charge on any atom is 0.271 e. The van der Waals surface area contributed by atoms with Gasteiger partial charge in [-0.25, -0.2) is 4.98 Å². The SMILES string of the molecule is Cc1nc(C(=O)NC2CCOc3ccc(-c4c(C)n[nH]c4C)cc32)cs1. The summed E-state index contributed by atoms with van der Waals surface area (Å²) in [6.07, 6.45) is 0.731. The molecule has 1 aliphatic heterocycles. The fourth-order valence-corrected chi connectivity index (χ4v) is 3.97. The maximum absolute atomic E-state index is 12.5. The van der Waals surface area contributed by atoms with E-state index in [1.807, 2.05) is 32.9 Å². The molecule has 1 unspecified atom stereocenters. The molecule has 1 amide bonds. The lowest BCUT2D eigenvalue weighted by Crippen LogP contribution is -2.32. The molecular formula is C19H20N4O2S. The molecule has 134 valence electrons. The van der Waals surface area contributed by atoms with E-state index < -0.39 is 0 Å². The first-order valence-electron chi connectivity index (χ1n) is 8.54. The Morgan fingerprint density at radius 1 is 1.35 bits per heavy atom. The molecule has 2 aromatic heterocycles. The van der Waals surface area contributed by atoms with Gasteiger partial charge in [-0.2, -0.15) is 5.10 Å². The van der Waals surface area contributed by atoms with Crippen molar-refractivity contribution >= 4 is 17.2 Å². The third kappa shape index (κ3) is 2.99. The number of nitrogens with one attached hydrogen (secondary N) is 2. The third-order valence-electron chi connectivity index (χ3n) is 4.62. The van der Waals surface area contributed by atoms with Gasteiger partial charge in [-0.05, 0) is 38.5 Å². The molecule has 1 atom stereocenters. The second-order valence-electron chi connectivity index (χ2n) is 6.48. The summed E-state index contributed by atoms with van der Waals surface area (Å²) in [5.74, 6) is 0.673. The van der Waals surface area contributed by atoms with Gasteiger partial charge in [0.1, 0.15) is 11.4 Å². The summed E-state index contributed by atoms with van der Waals surface area (Å²) in [5, 5.41) is 13.1. The molecule has 1 aromatic carbocycles. The van der Waals surface area contributed by atoms with Gasteiger partial charge in [-0.15, -0.1) is 11.3 Å². The molecule has 2 N–H and O–H groups in total. The molecule has 0 fully saturated rings. The van der Waals surface area contributed by atoms with Crippen molar-refractivity contribution in [2.24, 2.45) is 0 Å². The summed E-state index contributed by atoms with van der Waals surface area (Å²) >= 11 is 1.48. The molecule has 0 spiro atoms. The fraction of sp³-hybridized carbons (Fsp3) is 0.316. The Balaban J connectivity index is 1.66. The number of carbonyl (C=O) groups is 1. The van der Waals surface area contributed by atoms with E-state index >= 15 is 0 Å². The van der Waals surface area contributed by atoms with Crippen LogP contribution < -0.4 is 10.1 Å². The zero-order valence-electron chi connectivity index (χ0n) is 14.9. The van der Waals surface area contributed by atoms with Crippen LogP contribution in [0.25, 0.3) is 11.1 Å². The van der Waals surface area contributed by atoms with Crippen LogP contribution in [0.5, 0.6) is 5.75 Å². The third-order valence-corrected chi connectivity index (χ3v) is 5.40. The quantitative estimate of drug-likeness (QED) is 0.738. The number of nitrogens with zero attached hydrogens (tertiary/aromatic N) is 2. The number of hydrogen-bond acceptors (Lipinski definition) is 5. The van der Waals surface area contributed by atoms with Gasteiger partial charge in [-0.3, -0.25) is 9.89 Å². The molecule has 3 heterocycles. The largest absolute Gasteiger partial charge is 0.493 e. The Kier molecular flexibility index (Phi) is 4.24. The molecule has 3 aromatic rings. The Labute approximate surface area is 155 Å². The van der Waals surface area contributed by atoms with E-state index in [4.69, 9.17) is 4.74 Å². The number of thiazole rings is 1. The van der Waals surface area contributed by atoms with Crippen LogP contribution in [0.4, 0.5) is 0 Å². The van der Waals surface area contributed by atoms with Crippen molar-refractivity contribution in [3.63, 3.8) is 0 Å². The zero-order valence-corrected chi connectivity index (χ0v) is 15.7. The van der Waals surface area contributed by atoms with E-state index in [1.54, 1.807) is 5.38 Å². The van der Waals surface area contributed by atoms with Gasteiger partial charge in [-0.1, -0.05) is 6.07 Å². The second-order valence-corrected chi connectivity index (χ2v) is 7.54. The summed E-state index contributed by atoms with van der Waals surface area (Å²) in [6.45, 7) is 6.47. The molecule has 0 bridgehead atoms. The van der Waals surface area contributed by atoms with E-state index in [0.717, 1.165) is 45.3 Å². The summed E-state index contributed by atoms with van der Waals surface area (Å²) in [5.41, 5.74) is 5.61. The lowest BCUT2D eigenvalue weighted by atomic mass is 9.94. The smallest absolute Gasteiger partial charge is 0.271 e. The monoisotopic (exact) mass is 368 g/mol. The molecule has 0 radical (unpaired) electrons. The summed E-state index contributed by atoms with van der Waals surface area (Å²) in [7, 11) is 0. The minimum absolute atomic E-state index is 0.0966. The number of aromatic amines is 1.